The number of urea groups is 1. The van der Waals surface area contributed by atoms with Crippen molar-refractivity contribution in [3.8, 4) is 0 Å². The largest absolute Gasteiger partial charge is 0.481 e. The Morgan fingerprint density at radius 2 is 2.33 bits per heavy atom. The number of hydrogen-bond acceptors (Lipinski definition) is 3. The molecule has 0 spiro atoms. The van der Waals surface area contributed by atoms with Gasteiger partial charge < -0.3 is 20.1 Å². The highest BCUT2D eigenvalue weighted by Gasteiger charge is 2.27. The number of nitrogens with zero attached hydrogens (tertiary/aromatic N) is 1. The van der Waals surface area contributed by atoms with Crippen molar-refractivity contribution in [1.82, 2.24) is 10.2 Å². The number of carbonyl (C=O) groups is 2. The molecule has 2 amide bonds. The van der Waals surface area contributed by atoms with Crippen LogP contribution in [0.4, 0.5) is 4.79 Å². The standard InChI is InChI=1S/C12H20N2O4/c1-2-7-18-8-5-13-12(17)14-6-3-4-10(9-14)11(15)16/h2,10H,1,3-9H2,(H,13,17)(H,15,16). The molecule has 0 aromatic carbocycles. The second kappa shape index (κ2) is 7.71. The highest BCUT2D eigenvalue weighted by molar-refractivity contribution is 5.76. The number of carboxylic acids is 1. The predicted molar refractivity (Wildman–Crippen MR) is 66.3 cm³/mol. The third-order valence-electron chi connectivity index (χ3n) is 2.82. The number of amides is 2. The second-order valence-electron chi connectivity index (χ2n) is 4.22. The summed E-state index contributed by atoms with van der Waals surface area (Å²) in [6, 6.07) is -0.219. The molecule has 0 bridgehead atoms. The van der Waals surface area contributed by atoms with Gasteiger partial charge >= 0.3 is 12.0 Å². The lowest BCUT2D eigenvalue weighted by Gasteiger charge is -2.30. The van der Waals surface area contributed by atoms with E-state index in [2.05, 4.69) is 11.9 Å². The Hall–Kier alpha value is -1.56. The maximum absolute atomic E-state index is 11.7. The first kappa shape index (κ1) is 14.5. The van der Waals surface area contributed by atoms with Crippen molar-refractivity contribution in [2.24, 2.45) is 5.92 Å². The van der Waals surface area contributed by atoms with Crippen molar-refractivity contribution in [2.75, 3.05) is 32.8 Å². The van der Waals surface area contributed by atoms with Gasteiger partial charge in [0.2, 0.25) is 0 Å². The Balaban J connectivity index is 2.24. The molecule has 1 saturated heterocycles. The Morgan fingerprint density at radius 3 is 3.00 bits per heavy atom. The fraction of sp³-hybridized carbons (Fsp3) is 0.667. The minimum Gasteiger partial charge on any atom is -0.481 e. The lowest BCUT2D eigenvalue weighted by Crippen LogP contribution is -2.47. The first-order valence-corrected chi connectivity index (χ1v) is 6.09. The van der Waals surface area contributed by atoms with Crippen molar-refractivity contribution in [2.45, 2.75) is 12.8 Å². The van der Waals surface area contributed by atoms with Gasteiger partial charge in [-0.15, -0.1) is 6.58 Å². The summed E-state index contributed by atoms with van der Waals surface area (Å²) in [7, 11) is 0. The highest BCUT2D eigenvalue weighted by atomic mass is 16.5. The lowest BCUT2D eigenvalue weighted by molar-refractivity contribution is -0.143. The van der Waals surface area contributed by atoms with E-state index in [1.165, 1.54) is 0 Å². The molecule has 1 unspecified atom stereocenters. The number of rotatable bonds is 6. The minimum atomic E-state index is -0.832. The Bertz CT molecular complexity index is 306. The van der Waals surface area contributed by atoms with Crippen molar-refractivity contribution in [1.29, 1.82) is 0 Å². The van der Waals surface area contributed by atoms with Crippen LogP contribution in [0.25, 0.3) is 0 Å². The van der Waals surface area contributed by atoms with Gasteiger partial charge in [-0.2, -0.15) is 0 Å². The summed E-state index contributed by atoms with van der Waals surface area (Å²) in [6.07, 6.45) is 3.02. The SMILES string of the molecule is C=CCOCCNC(=O)N1CCCC(C(=O)O)C1. The molecule has 0 radical (unpaired) electrons. The fourth-order valence-electron chi connectivity index (χ4n) is 1.87. The molecule has 1 fully saturated rings. The zero-order valence-corrected chi connectivity index (χ0v) is 10.4. The van der Waals surface area contributed by atoms with Crippen molar-refractivity contribution >= 4 is 12.0 Å². The molecule has 1 heterocycles. The average molecular weight is 256 g/mol. The molecule has 6 nitrogen and oxygen atoms in total. The topological polar surface area (TPSA) is 78.9 Å². The molecular weight excluding hydrogens is 236 g/mol. The van der Waals surface area contributed by atoms with Crippen LogP contribution < -0.4 is 5.32 Å². The van der Waals surface area contributed by atoms with Crippen molar-refractivity contribution in [3.63, 3.8) is 0 Å². The van der Waals surface area contributed by atoms with Crippen LogP contribution >= 0.6 is 0 Å². The van der Waals surface area contributed by atoms with E-state index in [9.17, 15) is 9.59 Å². The molecule has 1 aliphatic heterocycles. The molecular formula is C12H20N2O4. The van der Waals surface area contributed by atoms with Crippen LogP contribution in [0.2, 0.25) is 0 Å². The molecule has 1 atom stereocenters. The van der Waals surface area contributed by atoms with Crippen LogP contribution in [0.5, 0.6) is 0 Å². The lowest BCUT2D eigenvalue weighted by atomic mass is 9.99. The molecule has 102 valence electrons. The van der Waals surface area contributed by atoms with Gasteiger partial charge in [0, 0.05) is 19.6 Å². The van der Waals surface area contributed by atoms with E-state index < -0.39 is 11.9 Å². The van der Waals surface area contributed by atoms with Crippen LogP contribution in [0.15, 0.2) is 12.7 Å². The third-order valence-corrected chi connectivity index (χ3v) is 2.82. The van der Waals surface area contributed by atoms with E-state index >= 15 is 0 Å². The molecule has 2 N–H and O–H groups in total. The van der Waals surface area contributed by atoms with Crippen LogP contribution in [0.1, 0.15) is 12.8 Å². The first-order chi connectivity index (χ1) is 8.65. The van der Waals surface area contributed by atoms with Crippen molar-refractivity contribution < 1.29 is 19.4 Å². The molecule has 6 heteroatoms. The van der Waals surface area contributed by atoms with Gasteiger partial charge in [0.25, 0.3) is 0 Å². The van der Waals surface area contributed by atoms with Crippen LogP contribution in [-0.2, 0) is 9.53 Å². The maximum atomic E-state index is 11.7. The summed E-state index contributed by atoms with van der Waals surface area (Å²) < 4.78 is 5.13. The summed E-state index contributed by atoms with van der Waals surface area (Å²) in [5, 5.41) is 11.6. The average Bonchev–Trinajstić information content (AvgIpc) is 2.38. The molecule has 1 rings (SSSR count). The molecule has 0 aliphatic carbocycles. The van der Waals surface area contributed by atoms with Crippen LogP contribution in [-0.4, -0.2) is 54.9 Å². The molecule has 0 saturated carbocycles. The number of hydrogen-bond donors (Lipinski definition) is 2. The predicted octanol–water partition coefficient (Wildman–Crippen LogP) is 0.695. The number of piperidine rings is 1. The Kier molecular flexibility index (Phi) is 6.21. The number of nitrogens with one attached hydrogen (secondary N) is 1. The fourth-order valence-corrected chi connectivity index (χ4v) is 1.87. The number of aliphatic carboxylic acids is 1. The van der Waals surface area contributed by atoms with Crippen molar-refractivity contribution in [3.05, 3.63) is 12.7 Å². The van der Waals surface area contributed by atoms with Gasteiger partial charge in [0.1, 0.15) is 0 Å². The first-order valence-electron chi connectivity index (χ1n) is 6.09. The minimum absolute atomic E-state index is 0.219. The maximum Gasteiger partial charge on any atom is 0.317 e. The smallest absolute Gasteiger partial charge is 0.317 e. The highest BCUT2D eigenvalue weighted by Crippen LogP contribution is 2.16. The number of carbonyl (C=O) groups excluding carboxylic acids is 1. The van der Waals surface area contributed by atoms with Gasteiger partial charge in [-0.05, 0) is 12.8 Å². The number of likely N-dealkylation sites (tertiary alicyclic amines) is 1. The van der Waals surface area contributed by atoms with E-state index in [-0.39, 0.29) is 12.6 Å². The van der Waals surface area contributed by atoms with Gasteiger partial charge in [0.05, 0.1) is 19.1 Å². The van der Waals surface area contributed by atoms with E-state index in [1.807, 2.05) is 0 Å². The monoisotopic (exact) mass is 256 g/mol. The number of carboxylic acid groups (broad SMARTS) is 1. The molecule has 0 aromatic heterocycles. The van der Waals surface area contributed by atoms with E-state index in [0.29, 0.717) is 32.7 Å². The summed E-state index contributed by atoms with van der Waals surface area (Å²) in [4.78, 5) is 24.2. The van der Waals surface area contributed by atoms with Crippen LogP contribution in [0.3, 0.4) is 0 Å². The second-order valence-corrected chi connectivity index (χ2v) is 4.22. The molecule has 0 aromatic rings. The summed E-state index contributed by atoms with van der Waals surface area (Å²) in [5.41, 5.74) is 0. The van der Waals surface area contributed by atoms with E-state index in [1.54, 1.807) is 11.0 Å². The van der Waals surface area contributed by atoms with E-state index in [0.717, 1.165) is 6.42 Å². The normalized spacial score (nSPS) is 19.3. The Labute approximate surface area is 107 Å². The van der Waals surface area contributed by atoms with Gasteiger partial charge in [-0.1, -0.05) is 6.08 Å². The van der Waals surface area contributed by atoms with Gasteiger partial charge in [-0.3, -0.25) is 4.79 Å². The number of ether oxygens (including phenoxy) is 1. The van der Waals surface area contributed by atoms with E-state index in [4.69, 9.17) is 9.84 Å². The summed E-state index contributed by atoms with van der Waals surface area (Å²) in [5.74, 6) is -1.27. The Morgan fingerprint density at radius 1 is 1.56 bits per heavy atom. The summed E-state index contributed by atoms with van der Waals surface area (Å²) in [6.45, 7) is 5.72. The molecule has 1 aliphatic rings. The van der Waals surface area contributed by atoms with Gasteiger partial charge in [-0.25, -0.2) is 4.79 Å². The summed E-state index contributed by atoms with van der Waals surface area (Å²) >= 11 is 0. The zero-order valence-electron chi connectivity index (χ0n) is 10.4. The third kappa shape index (κ3) is 4.75. The molecule has 18 heavy (non-hydrogen) atoms. The van der Waals surface area contributed by atoms with Gasteiger partial charge in [0.15, 0.2) is 0 Å². The quantitative estimate of drug-likeness (QED) is 0.541. The van der Waals surface area contributed by atoms with Crippen LogP contribution in [0, 0.1) is 5.92 Å². The zero-order chi connectivity index (χ0) is 13.4.